The fraction of sp³-hybridized carbons (Fsp3) is 0.600. The van der Waals surface area contributed by atoms with Crippen molar-refractivity contribution >= 4 is 0 Å². The molecule has 1 aromatic rings. The van der Waals surface area contributed by atoms with Crippen molar-refractivity contribution in [1.82, 2.24) is 5.32 Å². The molecule has 1 atom stereocenters. The Hall–Kier alpha value is -1.30. The predicted octanol–water partition coefficient (Wildman–Crippen LogP) is 1.21. The van der Waals surface area contributed by atoms with Crippen LogP contribution in [0.4, 0.5) is 0 Å². The van der Waals surface area contributed by atoms with Gasteiger partial charge in [-0.1, -0.05) is 12.1 Å². The van der Waals surface area contributed by atoms with Crippen LogP contribution in [0.2, 0.25) is 0 Å². The average Bonchev–Trinajstić information content (AvgIpc) is 2.88. The van der Waals surface area contributed by atoms with E-state index in [1.54, 1.807) is 0 Å². The molecule has 0 radical (unpaired) electrons. The van der Waals surface area contributed by atoms with E-state index in [4.69, 9.17) is 14.2 Å². The summed E-state index contributed by atoms with van der Waals surface area (Å²) in [4.78, 5) is 0. The number of nitrogens with one attached hydrogen (secondary N) is 1. The molecule has 0 amide bonds. The number of para-hydroxylation sites is 2. The highest BCUT2D eigenvalue weighted by Gasteiger charge is 2.31. The molecule has 112 valence electrons. The van der Waals surface area contributed by atoms with Gasteiger partial charge in [-0.3, -0.25) is 0 Å². The molecule has 0 saturated carbocycles. The van der Waals surface area contributed by atoms with E-state index >= 15 is 0 Å². The summed E-state index contributed by atoms with van der Waals surface area (Å²) in [6, 6.07) is 7.63. The first-order chi connectivity index (χ1) is 9.73. The minimum absolute atomic E-state index is 0.411. The molecule has 0 spiro atoms. The van der Waals surface area contributed by atoms with Crippen LogP contribution in [0.1, 0.15) is 13.3 Å². The van der Waals surface area contributed by atoms with Gasteiger partial charge in [0.15, 0.2) is 11.5 Å². The third-order valence-electron chi connectivity index (χ3n) is 3.22. The van der Waals surface area contributed by atoms with Crippen molar-refractivity contribution in [3.8, 4) is 11.5 Å². The Morgan fingerprint density at radius 2 is 2.05 bits per heavy atom. The Bertz CT molecular complexity index is 405. The number of hydrogen-bond acceptors (Lipinski definition) is 5. The zero-order valence-electron chi connectivity index (χ0n) is 11.9. The van der Waals surface area contributed by atoms with Gasteiger partial charge in [0, 0.05) is 26.1 Å². The van der Waals surface area contributed by atoms with Gasteiger partial charge in [0.1, 0.15) is 12.2 Å². The number of ether oxygens (including phenoxy) is 3. The standard InChI is InChI=1S/C15H23NO4/c1-2-19-13-5-3-4-6-14(13)20-10-8-16-11-15(17)7-9-18-12-15/h3-6,16-17H,2,7-12H2,1H3. The van der Waals surface area contributed by atoms with Crippen LogP contribution in [0.5, 0.6) is 11.5 Å². The number of rotatable bonds is 8. The van der Waals surface area contributed by atoms with Crippen LogP contribution >= 0.6 is 0 Å². The second-order valence-corrected chi connectivity index (χ2v) is 4.93. The van der Waals surface area contributed by atoms with E-state index in [2.05, 4.69) is 5.32 Å². The van der Waals surface area contributed by atoms with E-state index < -0.39 is 5.60 Å². The molecule has 20 heavy (non-hydrogen) atoms. The van der Waals surface area contributed by atoms with Crippen LogP contribution < -0.4 is 14.8 Å². The van der Waals surface area contributed by atoms with Gasteiger partial charge in [0.05, 0.1) is 13.2 Å². The van der Waals surface area contributed by atoms with E-state index in [0.717, 1.165) is 11.5 Å². The lowest BCUT2D eigenvalue weighted by Gasteiger charge is -2.20. The van der Waals surface area contributed by atoms with Crippen LogP contribution in [-0.2, 0) is 4.74 Å². The van der Waals surface area contributed by atoms with Gasteiger partial charge in [0.2, 0.25) is 0 Å². The largest absolute Gasteiger partial charge is 0.490 e. The van der Waals surface area contributed by atoms with Gasteiger partial charge in [-0.15, -0.1) is 0 Å². The minimum Gasteiger partial charge on any atom is -0.490 e. The van der Waals surface area contributed by atoms with Crippen LogP contribution in [0.25, 0.3) is 0 Å². The molecule has 1 aromatic carbocycles. The average molecular weight is 281 g/mol. The fourth-order valence-electron chi connectivity index (χ4n) is 2.13. The van der Waals surface area contributed by atoms with Gasteiger partial charge in [-0.05, 0) is 19.1 Å². The normalized spacial score (nSPS) is 21.9. The van der Waals surface area contributed by atoms with Gasteiger partial charge in [-0.2, -0.15) is 0 Å². The van der Waals surface area contributed by atoms with Gasteiger partial charge >= 0.3 is 0 Å². The summed E-state index contributed by atoms with van der Waals surface area (Å²) in [7, 11) is 0. The molecule has 1 heterocycles. The Labute approximate surface area is 119 Å². The highest BCUT2D eigenvalue weighted by molar-refractivity contribution is 5.39. The molecule has 1 aliphatic heterocycles. The van der Waals surface area contributed by atoms with Crippen molar-refractivity contribution < 1.29 is 19.3 Å². The van der Waals surface area contributed by atoms with Crippen molar-refractivity contribution in [3.05, 3.63) is 24.3 Å². The second-order valence-electron chi connectivity index (χ2n) is 4.93. The van der Waals surface area contributed by atoms with Crippen molar-refractivity contribution in [2.24, 2.45) is 0 Å². The monoisotopic (exact) mass is 281 g/mol. The molecule has 1 fully saturated rings. The van der Waals surface area contributed by atoms with E-state index in [1.165, 1.54) is 0 Å². The molecule has 5 nitrogen and oxygen atoms in total. The zero-order valence-corrected chi connectivity index (χ0v) is 11.9. The van der Waals surface area contributed by atoms with E-state index in [-0.39, 0.29) is 0 Å². The summed E-state index contributed by atoms with van der Waals surface area (Å²) in [5, 5.41) is 13.3. The van der Waals surface area contributed by atoms with Crippen LogP contribution in [0, 0.1) is 0 Å². The van der Waals surface area contributed by atoms with Gasteiger partial charge in [0.25, 0.3) is 0 Å². The lowest BCUT2D eigenvalue weighted by Crippen LogP contribution is -2.42. The first-order valence-corrected chi connectivity index (χ1v) is 7.09. The summed E-state index contributed by atoms with van der Waals surface area (Å²) in [6.45, 7) is 5.34. The number of benzene rings is 1. The molecular weight excluding hydrogens is 258 g/mol. The third-order valence-corrected chi connectivity index (χ3v) is 3.22. The molecule has 0 aliphatic carbocycles. The highest BCUT2D eigenvalue weighted by atomic mass is 16.5. The fourth-order valence-corrected chi connectivity index (χ4v) is 2.13. The Kier molecular flexibility index (Phi) is 5.64. The SMILES string of the molecule is CCOc1ccccc1OCCNCC1(O)CCOC1. The molecule has 1 aliphatic rings. The molecule has 2 rings (SSSR count). The molecule has 0 bridgehead atoms. The zero-order chi connectivity index (χ0) is 14.3. The molecule has 0 aromatic heterocycles. The summed E-state index contributed by atoms with van der Waals surface area (Å²) >= 11 is 0. The lowest BCUT2D eigenvalue weighted by molar-refractivity contribution is 0.0266. The van der Waals surface area contributed by atoms with E-state index in [0.29, 0.717) is 45.9 Å². The van der Waals surface area contributed by atoms with Crippen molar-refractivity contribution in [1.29, 1.82) is 0 Å². The third kappa shape index (κ3) is 4.37. The molecule has 2 N–H and O–H groups in total. The van der Waals surface area contributed by atoms with E-state index in [1.807, 2.05) is 31.2 Å². The summed E-state index contributed by atoms with van der Waals surface area (Å²) < 4.78 is 16.4. The molecule has 5 heteroatoms. The summed E-state index contributed by atoms with van der Waals surface area (Å²) in [5.41, 5.74) is -0.719. The number of hydrogen-bond donors (Lipinski definition) is 2. The van der Waals surface area contributed by atoms with Crippen molar-refractivity contribution in [2.75, 3.05) is 39.5 Å². The Balaban J connectivity index is 1.68. The first-order valence-electron chi connectivity index (χ1n) is 7.09. The predicted molar refractivity (Wildman–Crippen MR) is 76.4 cm³/mol. The Morgan fingerprint density at radius 3 is 2.70 bits per heavy atom. The second kappa shape index (κ2) is 7.47. The molecular formula is C15H23NO4. The Morgan fingerprint density at radius 1 is 1.30 bits per heavy atom. The van der Waals surface area contributed by atoms with Crippen LogP contribution in [0.3, 0.4) is 0 Å². The lowest BCUT2D eigenvalue weighted by atomic mass is 10.0. The quantitative estimate of drug-likeness (QED) is 0.701. The van der Waals surface area contributed by atoms with Gasteiger partial charge in [-0.25, -0.2) is 0 Å². The van der Waals surface area contributed by atoms with Gasteiger partial charge < -0.3 is 24.6 Å². The van der Waals surface area contributed by atoms with Crippen LogP contribution in [0.15, 0.2) is 24.3 Å². The van der Waals surface area contributed by atoms with Crippen molar-refractivity contribution in [2.45, 2.75) is 18.9 Å². The smallest absolute Gasteiger partial charge is 0.161 e. The molecule has 1 unspecified atom stereocenters. The molecule has 1 saturated heterocycles. The maximum absolute atomic E-state index is 10.1. The van der Waals surface area contributed by atoms with Crippen molar-refractivity contribution in [3.63, 3.8) is 0 Å². The summed E-state index contributed by atoms with van der Waals surface area (Å²) in [5.74, 6) is 1.51. The highest BCUT2D eigenvalue weighted by Crippen LogP contribution is 2.26. The number of aliphatic hydroxyl groups is 1. The maximum atomic E-state index is 10.1. The van der Waals surface area contributed by atoms with E-state index in [9.17, 15) is 5.11 Å². The maximum Gasteiger partial charge on any atom is 0.161 e. The topological polar surface area (TPSA) is 60.0 Å². The first kappa shape index (κ1) is 15.1. The summed E-state index contributed by atoms with van der Waals surface area (Å²) in [6.07, 6.45) is 0.689. The van der Waals surface area contributed by atoms with Crippen LogP contribution in [-0.4, -0.2) is 50.2 Å². The minimum atomic E-state index is -0.719.